The Morgan fingerprint density at radius 3 is 2.13 bits per heavy atom. The molecular weight excluding hydrogens is 518 g/mol. The van der Waals surface area contributed by atoms with Crippen molar-refractivity contribution in [2.75, 3.05) is 11.9 Å². The fraction of sp³-hybridized carbons (Fsp3) is 0.208. The fourth-order valence-corrected chi connectivity index (χ4v) is 6.97. The van der Waals surface area contributed by atoms with Crippen LogP contribution in [0.4, 0.5) is 11.4 Å². The molecule has 31 heavy (non-hydrogen) atoms. The third kappa shape index (κ3) is 6.08. The number of hydrogen-bond acceptors (Lipinski definition) is 4. The molecule has 0 atom stereocenters. The second-order valence-electron chi connectivity index (χ2n) is 8.25. The van der Waals surface area contributed by atoms with Crippen molar-refractivity contribution in [2.24, 2.45) is 0 Å². The van der Waals surface area contributed by atoms with Crippen LogP contribution >= 0.6 is 11.6 Å². The average Bonchev–Trinajstić information content (AvgIpc) is 2.72. The Bertz CT molecular complexity index is 1110. The number of hydrogen-bond donors (Lipinski definition) is 1. The van der Waals surface area contributed by atoms with Gasteiger partial charge in [0.2, 0.25) is 0 Å². The van der Waals surface area contributed by atoms with Crippen LogP contribution in [0.25, 0.3) is 0 Å². The Morgan fingerprint density at radius 1 is 0.968 bits per heavy atom. The van der Waals surface area contributed by atoms with Crippen molar-refractivity contribution in [3.8, 4) is 0 Å². The van der Waals surface area contributed by atoms with Gasteiger partial charge in [0.15, 0.2) is 0 Å². The maximum atomic E-state index is 13.1. The van der Waals surface area contributed by atoms with Gasteiger partial charge in [0.1, 0.15) is 0 Å². The van der Waals surface area contributed by atoms with Crippen molar-refractivity contribution in [1.29, 1.82) is 0 Å². The van der Waals surface area contributed by atoms with Gasteiger partial charge in [0.25, 0.3) is 0 Å². The van der Waals surface area contributed by atoms with Crippen molar-refractivity contribution in [2.45, 2.75) is 24.2 Å². The predicted molar refractivity (Wildman–Crippen MR) is 126 cm³/mol. The molecule has 7 heteroatoms. The van der Waals surface area contributed by atoms with Crippen molar-refractivity contribution in [3.63, 3.8) is 0 Å². The molecule has 3 aromatic rings. The third-order valence-corrected chi connectivity index (χ3v) is 8.58. The molecule has 0 fully saturated rings. The zero-order valence-corrected chi connectivity index (χ0v) is 21.4. The van der Waals surface area contributed by atoms with Crippen molar-refractivity contribution in [1.82, 2.24) is 4.98 Å². The number of nitrogens with zero attached hydrogens (tertiary/aromatic N) is 2. The van der Waals surface area contributed by atoms with E-state index < -0.39 is 27.1 Å². The monoisotopic (exact) mass is 542 g/mol. The molecule has 1 heterocycles. The molecule has 0 spiro atoms. The average molecular weight is 542 g/mol. The molecule has 158 valence electrons. The van der Waals surface area contributed by atoms with Gasteiger partial charge in [-0.25, -0.2) is 0 Å². The molecule has 0 aliphatic carbocycles. The number of aromatic carboxylic acids is 1. The summed E-state index contributed by atoms with van der Waals surface area (Å²) in [6.07, 6.45) is 1.63. The first-order valence-electron chi connectivity index (χ1n) is 9.70. The molecule has 0 amide bonds. The van der Waals surface area contributed by atoms with Crippen LogP contribution in [0.1, 0.15) is 47.2 Å². The predicted octanol–water partition coefficient (Wildman–Crippen LogP) is 4.98. The van der Waals surface area contributed by atoms with E-state index in [1.807, 2.05) is 48.3 Å². The van der Waals surface area contributed by atoms with Gasteiger partial charge < -0.3 is 0 Å². The first kappa shape index (κ1) is 23.3. The van der Waals surface area contributed by atoms with Gasteiger partial charge in [0.05, 0.1) is 0 Å². The van der Waals surface area contributed by atoms with Crippen molar-refractivity contribution >= 4 is 59.4 Å². The number of carbonyl (C=O) groups excluding carboxylic acids is 1. The molecule has 3 rings (SSSR count). The Balaban J connectivity index is 1.88. The molecule has 5 nitrogen and oxygen atoms in total. The summed E-state index contributed by atoms with van der Waals surface area (Å²) in [6.45, 7) is 6.43. The minimum atomic E-state index is -1.08. The molecule has 2 aromatic carbocycles. The molecule has 1 N–H and O–H groups in total. The van der Waals surface area contributed by atoms with Crippen LogP contribution < -0.4 is 8.48 Å². The van der Waals surface area contributed by atoms with E-state index in [4.69, 9.17) is 11.6 Å². The van der Waals surface area contributed by atoms with Crippen molar-refractivity contribution < 1.29 is 14.7 Å². The zero-order valence-electron chi connectivity index (χ0n) is 17.8. The second kappa shape index (κ2) is 9.40. The van der Waals surface area contributed by atoms with Gasteiger partial charge in [-0.15, -0.1) is 0 Å². The van der Waals surface area contributed by atoms with E-state index in [9.17, 15) is 14.7 Å². The number of rotatable bonds is 6. The van der Waals surface area contributed by atoms with E-state index in [0.29, 0.717) is 10.6 Å². The summed E-state index contributed by atoms with van der Waals surface area (Å²) in [6, 6.07) is 15.9. The van der Waals surface area contributed by atoms with Gasteiger partial charge in [-0.2, -0.15) is 0 Å². The second-order valence-corrected chi connectivity index (χ2v) is 15.3. The number of carboxylic acids is 1. The summed E-state index contributed by atoms with van der Waals surface area (Å²) in [4.78, 5) is 30.9. The molecular formula is C24H23ClN2O3Sn. The Labute approximate surface area is 197 Å². The van der Waals surface area contributed by atoms with E-state index >= 15 is 0 Å². The number of pyridine rings is 1. The summed E-state index contributed by atoms with van der Waals surface area (Å²) in [7, 11) is 1.91. The number of ketones is 1. The van der Waals surface area contributed by atoms with Crippen LogP contribution in [0.15, 0.2) is 60.8 Å². The summed E-state index contributed by atoms with van der Waals surface area (Å²) in [5.74, 6) is -1.31. The number of benzene rings is 2. The molecule has 0 aliphatic heterocycles. The van der Waals surface area contributed by atoms with E-state index in [1.165, 1.54) is 6.07 Å². The van der Waals surface area contributed by atoms with Crippen molar-refractivity contribution in [3.05, 3.63) is 82.6 Å². The van der Waals surface area contributed by atoms with Gasteiger partial charge in [-0.05, 0) is 0 Å². The van der Waals surface area contributed by atoms with Gasteiger partial charge in [-0.1, -0.05) is 11.6 Å². The van der Waals surface area contributed by atoms with Gasteiger partial charge in [-0.3, -0.25) is 0 Å². The Morgan fingerprint density at radius 2 is 1.58 bits per heavy atom. The normalized spacial score (nSPS) is 11.3. The summed E-state index contributed by atoms with van der Waals surface area (Å²) in [5.41, 5.74) is 2.55. The molecule has 1 aromatic heterocycles. The van der Waals surface area contributed by atoms with Crippen LogP contribution in [0, 0.1) is 0 Å². The number of anilines is 2. The first-order valence-corrected chi connectivity index (χ1v) is 12.9. The van der Waals surface area contributed by atoms with Crippen LogP contribution in [0.3, 0.4) is 0 Å². The Kier molecular flexibility index (Phi) is 7.06. The van der Waals surface area contributed by atoms with Crippen LogP contribution in [-0.2, 0) is 0 Å². The maximum absolute atomic E-state index is 13.1. The van der Waals surface area contributed by atoms with E-state index in [0.717, 1.165) is 15.0 Å². The summed E-state index contributed by atoms with van der Waals surface area (Å²) in [5, 5.41) is 10.1. The Hall–Kier alpha value is -2.38. The standard InChI is InChI=1S/C20H14ClN2O3.C4H9.Sn/c1-23(16-7-5-15(21)6-8-16)17-9-10-18(22-12-17)19(24)13-3-2-4-14(11-13)20(25)26;1-4(2)3;/h3-12H,1H3,(H,25,26);1-3H3;. The fourth-order valence-electron chi connectivity index (χ4n) is 3.07. The molecule has 0 unspecified atom stereocenters. The van der Waals surface area contributed by atoms with Crippen LogP contribution in [-0.4, -0.2) is 50.0 Å². The molecule has 0 saturated heterocycles. The number of aromatic nitrogens is 1. The van der Waals surface area contributed by atoms with E-state index in [1.54, 1.807) is 18.3 Å². The first-order chi connectivity index (χ1) is 14.5. The number of carboxylic acid groups (broad SMARTS) is 1. The quantitative estimate of drug-likeness (QED) is 0.352. The van der Waals surface area contributed by atoms with E-state index in [-0.39, 0.29) is 20.5 Å². The topological polar surface area (TPSA) is 70.5 Å². The minimum absolute atomic E-state index is 0.132. The van der Waals surface area contributed by atoms with Crippen LogP contribution in [0.5, 0.6) is 0 Å². The SMILES string of the molecule is CN(c1ccc(Cl)cc1)c1ccc(C(=O)c2c[c]([Sn][C](C)(C)C)cc(C(=O)O)c2)nc1. The van der Waals surface area contributed by atoms with E-state index in [2.05, 4.69) is 25.8 Å². The summed E-state index contributed by atoms with van der Waals surface area (Å²) >= 11 is 4.87. The van der Waals surface area contributed by atoms with Crippen LogP contribution in [0.2, 0.25) is 8.45 Å². The number of halogens is 1. The number of carbonyl (C=O) groups is 2. The van der Waals surface area contributed by atoms with Gasteiger partial charge >= 0.3 is 181 Å². The summed E-state index contributed by atoms with van der Waals surface area (Å²) < 4.78 is 1.12. The molecule has 0 saturated carbocycles. The molecule has 0 aliphatic rings. The zero-order chi connectivity index (χ0) is 22.8. The third-order valence-electron chi connectivity index (χ3n) is 4.54. The van der Waals surface area contributed by atoms with Gasteiger partial charge in [0, 0.05) is 5.02 Å². The molecule has 0 bridgehead atoms. The molecule has 2 radical (unpaired) electrons.